The van der Waals surface area contributed by atoms with Gasteiger partial charge >= 0.3 is 5.97 Å². The summed E-state index contributed by atoms with van der Waals surface area (Å²) in [7, 11) is 1.66. The van der Waals surface area contributed by atoms with Crippen LogP contribution in [0.25, 0.3) is 0 Å². The minimum atomic E-state index is -0.951. The number of carboxylic acid groups (broad SMARTS) is 1. The number of hydrogen-bond donors (Lipinski definition) is 1. The van der Waals surface area contributed by atoms with Crippen molar-refractivity contribution in [2.45, 2.75) is 25.9 Å². The van der Waals surface area contributed by atoms with Crippen LogP contribution in [0.3, 0.4) is 0 Å². The summed E-state index contributed by atoms with van der Waals surface area (Å²) in [5.41, 5.74) is 0. The summed E-state index contributed by atoms with van der Waals surface area (Å²) >= 11 is 0. The van der Waals surface area contributed by atoms with Crippen molar-refractivity contribution < 1.29 is 28.8 Å². The lowest BCUT2D eigenvalue weighted by Gasteiger charge is -2.12. The molecule has 0 aromatic rings. The first-order valence-corrected chi connectivity index (χ1v) is 6.14. The third kappa shape index (κ3) is 13.4. The molecule has 1 atom stereocenters. The molecule has 0 aliphatic carbocycles. The van der Waals surface area contributed by atoms with Gasteiger partial charge < -0.3 is 24.1 Å². The molecule has 0 saturated heterocycles. The molecule has 108 valence electrons. The Morgan fingerprint density at radius 1 is 1.11 bits per heavy atom. The van der Waals surface area contributed by atoms with Gasteiger partial charge in [0, 0.05) is 26.9 Å². The van der Waals surface area contributed by atoms with Crippen molar-refractivity contribution in [2.75, 3.05) is 46.8 Å². The van der Waals surface area contributed by atoms with Crippen LogP contribution in [0.1, 0.15) is 19.8 Å². The van der Waals surface area contributed by atoms with Crippen LogP contribution < -0.4 is 0 Å². The average molecular weight is 264 g/mol. The number of hydrogen-bond acceptors (Lipinski definition) is 5. The Bertz CT molecular complexity index is 197. The van der Waals surface area contributed by atoms with E-state index in [0.29, 0.717) is 39.5 Å². The Morgan fingerprint density at radius 3 is 2.56 bits per heavy atom. The standard InChI is InChI=1S/C12H24O6/c1-11(4-7-17-10-12(13)14)18-9-8-16-6-3-5-15-2/h11H,3-10H2,1-2H3,(H,13,14). The van der Waals surface area contributed by atoms with Gasteiger partial charge in [0.15, 0.2) is 0 Å². The summed E-state index contributed by atoms with van der Waals surface area (Å²) in [6.07, 6.45) is 1.60. The largest absolute Gasteiger partial charge is 0.480 e. The monoisotopic (exact) mass is 264 g/mol. The van der Waals surface area contributed by atoms with Gasteiger partial charge in [-0.25, -0.2) is 4.79 Å². The van der Waals surface area contributed by atoms with Gasteiger partial charge in [0.2, 0.25) is 0 Å². The minimum absolute atomic E-state index is 0.0429. The maximum Gasteiger partial charge on any atom is 0.329 e. The van der Waals surface area contributed by atoms with Crippen LogP contribution in [0.15, 0.2) is 0 Å². The van der Waals surface area contributed by atoms with Crippen molar-refractivity contribution in [3.8, 4) is 0 Å². The SMILES string of the molecule is COCCCOCCOC(C)CCOCC(=O)O. The van der Waals surface area contributed by atoms with Crippen molar-refractivity contribution in [3.63, 3.8) is 0 Å². The molecule has 0 aliphatic heterocycles. The molecule has 18 heavy (non-hydrogen) atoms. The predicted molar refractivity (Wildman–Crippen MR) is 65.8 cm³/mol. The third-order valence-electron chi connectivity index (χ3n) is 2.16. The van der Waals surface area contributed by atoms with E-state index < -0.39 is 5.97 Å². The van der Waals surface area contributed by atoms with Crippen LogP contribution in [0.2, 0.25) is 0 Å². The molecule has 1 N–H and O–H groups in total. The van der Waals surface area contributed by atoms with Crippen LogP contribution >= 0.6 is 0 Å². The molecule has 0 aliphatic rings. The highest BCUT2D eigenvalue weighted by atomic mass is 16.5. The second-order valence-electron chi connectivity index (χ2n) is 3.88. The van der Waals surface area contributed by atoms with E-state index in [1.807, 2.05) is 6.92 Å². The van der Waals surface area contributed by atoms with Crippen LogP contribution in [-0.2, 0) is 23.7 Å². The molecule has 0 saturated carbocycles. The highest BCUT2D eigenvalue weighted by Crippen LogP contribution is 1.98. The quantitative estimate of drug-likeness (QED) is 0.499. The van der Waals surface area contributed by atoms with Gasteiger partial charge in [-0.05, 0) is 19.8 Å². The van der Waals surface area contributed by atoms with Crippen LogP contribution in [-0.4, -0.2) is 63.9 Å². The Labute approximate surface area is 108 Å². The first-order chi connectivity index (χ1) is 8.66. The number of carbonyl (C=O) groups is 1. The summed E-state index contributed by atoms with van der Waals surface area (Å²) in [6, 6.07) is 0. The Balaban J connectivity index is 3.16. The Hall–Kier alpha value is -0.690. The van der Waals surface area contributed by atoms with Crippen molar-refractivity contribution >= 4 is 5.97 Å². The summed E-state index contributed by atoms with van der Waals surface area (Å²) < 4.78 is 20.6. The van der Waals surface area contributed by atoms with Gasteiger partial charge in [0.25, 0.3) is 0 Å². The van der Waals surface area contributed by atoms with E-state index in [1.54, 1.807) is 7.11 Å². The van der Waals surface area contributed by atoms with E-state index in [2.05, 4.69) is 0 Å². The van der Waals surface area contributed by atoms with Crippen molar-refractivity contribution in [2.24, 2.45) is 0 Å². The zero-order valence-electron chi connectivity index (χ0n) is 11.2. The van der Waals surface area contributed by atoms with Crippen molar-refractivity contribution in [1.82, 2.24) is 0 Å². The van der Waals surface area contributed by atoms with E-state index in [9.17, 15) is 4.79 Å². The van der Waals surface area contributed by atoms with Gasteiger partial charge in [-0.2, -0.15) is 0 Å². The Kier molecular flexibility index (Phi) is 12.3. The number of aliphatic carboxylic acids is 1. The summed E-state index contributed by atoms with van der Waals surface area (Å²) in [4.78, 5) is 10.2. The first kappa shape index (κ1) is 17.3. The van der Waals surface area contributed by atoms with E-state index in [0.717, 1.165) is 6.42 Å². The summed E-state index contributed by atoms with van der Waals surface area (Å²) in [5, 5.41) is 8.36. The molecule has 6 nitrogen and oxygen atoms in total. The van der Waals surface area contributed by atoms with Crippen molar-refractivity contribution in [3.05, 3.63) is 0 Å². The molecule has 0 rings (SSSR count). The average Bonchev–Trinajstić information content (AvgIpc) is 2.33. The van der Waals surface area contributed by atoms with Crippen molar-refractivity contribution in [1.29, 1.82) is 0 Å². The number of methoxy groups -OCH3 is 1. The second kappa shape index (κ2) is 12.8. The zero-order chi connectivity index (χ0) is 13.6. The molecule has 0 heterocycles. The van der Waals surface area contributed by atoms with Crippen LogP contribution in [0, 0.1) is 0 Å². The lowest BCUT2D eigenvalue weighted by atomic mass is 10.3. The maximum absolute atomic E-state index is 10.2. The highest BCUT2D eigenvalue weighted by molar-refractivity contribution is 5.67. The molecule has 1 unspecified atom stereocenters. The van der Waals surface area contributed by atoms with Gasteiger partial charge in [0.05, 0.1) is 19.3 Å². The van der Waals surface area contributed by atoms with Gasteiger partial charge in [0.1, 0.15) is 6.61 Å². The molecule has 0 amide bonds. The molecule has 0 fully saturated rings. The molecule has 0 radical (unpaired) electrons. The second-order valence-corrected chi connectivity index (χ2v) is 3.88. The first-order valence-electron chi connectivity index (χ1n) is 6.14. The van der Waals surface area contributed by atoms with E-state index in [4.69, 9.17) is 24.1 Å². The minimum Gasteiger partial charge on any atom is -0.480 e. The maximum atomic E-state index is 10.2. The lowest BCUT2D eigenvalue weighted by molar-refractivity contribution is -0.142. The third-order valence-corrected chi connectivity index (χ3v) is 2.16. The van der Waals surface area contributed by atoms with Gasteiger partial charge in [-0.3, -0.25) is 0 Å². The smallest absolute Gasteiger partial charge is 0.329 e. The summed E-state index contributed by atoms with van der Waals surface area (Å²) in [6.45, 7) is 4.54. The van der Waals surface area contributed by atoms with Crippen LogP contribution in [0.5, 0.6) is 0 Å². The molecule has 6 heteroatoms. The van der Waals surface area contributed by atoms with E-state index in [-0.39, 0.29) is 12.7 Å². The fraction of sp³-hybridized carbons (Fsp3) is 0.917. The van der Waals surface area contributed by atoms with Crippen LogP contribution in [0.4, 0.5) is 0 Å². The number of ether oxygens (including phenoxy) is 4. The Morgan fingerprint density at radius 2 is 1.89 bits per heavy atom. The van der Waals surface area contributed by atoms with Gasteiger partial charge in [-0.1, -0.05) is 0 Å². The number of rotatable bonds is 13. The fourth-order valence-corrected chi connectivity index (χ4v) is 1.21. The fourth-order valence-electron chi connectivity index (χ4n) is 1.21. The zero-order valence-corrected chi connectivity index (χ0v) is 11.2. The van der Waals surface area contributed by atoms with E-state index >= 15 is 0 Å². The normalized spacial score (nSPS) is 12.6. The van der Waals surface area contributed by atoms with Gasteiger partial charge in [-0.15, -0.1) is 0 Å². The molecular weight excluding hydrogens is 240 g/mol. The van der Waals surface area contributed by atoms with E-state index in [1.165, 1.54) is 0 Å². The molecular formula is C12H24O6. The predicted octanol–water partition coefficient (Wildman–Crippen LogP) is 0.936. The topological polar surface area (TPSA) is 74.2 Å². The molecule has 0 aromatic heterocycles. The molecule has 0 aromatic carbocycles. The molecule has 0 bridgehead atoms. The lowest BCUT2D eigenvalue weighted by Crippen LogP contribution is -2.17. The number of carboxylic acids is 1. The molecule has 0 spiro atoms. The highest BCUT2D eigenvalue weighted by Gasteiger charge is 2.03. The summed E-state index contributed by atoms with van der Waals surface area (Å²) in [5.74, 6) is -0.951.